The molecule has 4 heteroatoms. The first-order valence-electron chi connectivity index (χ1n) is 6.34. The molecule has 4 unspecified atom stereocenters. The number of aliphatic carboxylic acids is 1. The van der Waals surface area contributed by atoms with Crippen LogP contribution < -0.4 is 5.32 Å². The molecule has 2 bridgehead atoms. The highest BCUT2D eigenvalue weighted by molar-refractivity contribution is 5.83. The van der Waals surface area contributed by atoms with E-state index in [0.717, 1.165) is 19.3 Å². The predicted octanol–water partition coefficient (Wildman–Crippen LogP) is 1.65. The number of fused-ring (bicyclic) bond motifs is 2. The number of amides is 1. The van der Waals surface area contributed by atoms with Gasteiger partial charge in [0, 0.05) is 11.5 Å². The number of carboxylic acid groups (broad SMARTS) is 1. The molecule has 2 aliphatic rings. The molecule has 0 aromatic carbocycles. The van der Waals surface area contributed by atoms with Crippen LogP contribution in [0, 0.1) is 23.2 Å². The maximum atomic E-state index is 12.0. The van der Waals surface area contributed by atoms with Crippen molar-refractivity contribution in [3.63, 3.8) is 0 Å². The zero-order chi connectivity index (χ0) is 12.8. The molecule has 0 radical (unpaired) electrons. The van der Waals surface area contributed by atoms with Gasteiger partial charge in [-0.1, -0.05) is 20.8 Å². The van der Waals surface area contributed by atoms with Gasteiger partial charge in [0.15, 0.2) is 0 Å². The Morgan fingerprint density at radius 2 is 1.76 bits per heavy atom. The average Bonchev–Trinajstić information content (AvgIpc) is 2.75. The molecule has 2 N–H and O–H groups in total. The van der Waals surface area contributed by atoms with Crippen LogP contribution in [0.3, 0.4) is 0 Å². The molecular formula is C13H21NO3. The molecule has 4 nitrogen and oxygen atoms in total. The van der Waals surface area contributed by atoms with Crippen molar-refractivity contribution < 1.29 is 14.7 Å². The Balaban J connectivity index is 2.10. The van der Waals surface area contributed by atoms with Crippen LogP contribution in [0.25, 0.3) is 0 Å². The molecular weight excluding hydrogens is 218 g/mol. The lowest BCUT2D eigenvalue weighted by Gasteiger charge is -2.31. The fourth-order valence-electron chi connectivity index (χ4n) is 3.22. The Kier molecular flexibility index (Phi) is 2.92. The summed E-state index contributed by atoms with van der Waals surface area (Å²) in [7, 11) is 0. The second-order valence-corrected chi connectivity index (χ2v) is 6.45. The van der Waals surface area contributed by atoms with E-state index in [4.69, 9.17) is 0 Å². The lowest BCUT2D eigenvalue weighted by atomic mass is 9.83. The van der Waals surface area contributed by atoms with Crippen molar-refractivity contribution >= 4 is 11.9 Å². The lowest BCUT2D eigenvalue weighted by molar-refractivity contribution is -0.145. The SMILES string of the molecule is CC(C)(C)C(=O)NC1C2CCC(C2)C1C(=O)O. The first-order valence-corrected chi connectivity index (χ1v) is 6.34. The fourth-order valence-corrected chi connectivity index (χ4v) is 3.22. The molecule has 2 fully saturated rings. The van der Waals surface area contributed by atoms with E-state index in [1.165, 1.54) is 0 Å². The standard InChI is InChI=1S/C13H21NO3/c1-13(2,3)12(17)14-10-8-5-4-7(6-8)9(10)11(15)16/h7-10H,4-6H2,1-3H3,(H,14,17)(H,15,16). The normalized spacial score (nSPS) is 35.9. The van der Waals surface area contributed by atoms with E-state index in [2.05, 4.69) is 5.32 Å². The van der Waals surface area contributed by atoms with Crippen molar-refractivity contribution in [2.75, 3.05) is 0 Å². The highest BCUT2D eigenvalue weighted by Gasteiger charge is 2.51. The molecule has 2 saturated carbocycles. The summed E-state index contributed by atoms with van der Waals surface area (Å²) in [6.45, 7) is 5.56. The minimum Gasteiger partial charge on any atom is -0.481 e. The molecule has 4 atom stereocenters. The summed E-state index contributed by atoms with van der Waals surface area (Å²) < 4.78 is 0. The van der Waals surface area contributed by atoms with Gasteiger partial charge >= 0.3 is 5.97 Å². The number of carbonyl (C=O) groups is 2. The van der Waals surface area contributed by atoms with E-state index < -0.39 is 11.4 Å². The van der Waals surface area contributed by atoms with E-state index in [1.807, 2.05) is 20.8 Å². The number of carboxylic acids is 1. The Bertz CT molecular complexity index is 345. The van der Waals surface area contributed by atoms with Gasteiger partial charge in [0.1, 0.15) is 0 Å². The van der Waals surface area contributed by atoms with E-state index >= 15 is 0 Å². The third-order valence-electron chi connectivity index (χ3n) is 4.18. The fraction of sp³-hybridized carbons (Fsp3) is 0.846. The van der Waals surface area contributed by atoms with Crippen LogP contribution in [-0.2, 0) is 9.59 Å². The molecule has 17 heavy (non-hydrogen) atoms. The van der Waals surface area contributed by atoms with Gasteiger partial charge < -0.3 is 10.4 Å². The van der Waals surface area contributed by atoms with Gasteiger partial charge in [-0.05, 0) is 31.1 Å². The van der Waals surface area contributed by atoms with E-state index in [1.54, 1.807) is 0 Å². The van der Waals surface area contributed by atoms with Gasteiger partial charge in [-0.25, -0.2) is 0 Å². The van der Waals surface area contributed by atoms with Crippen LogP contribution in [-0.4, -0.2) is 23.0 Å². The van der Waals surface area contributed by atoms with E-state index in [-0.39, 0.29) is 23.8 Å². The third-order valence-corrected chi connectivity index (χ3v) is 4.18. The smallest absolute Gasteiger partial charge is 0.308 e. The molecule has 2 rings (SSSR count). The number of nitrogens with one attached hydrogen (secondary N) is 1. The Hall–Kier alpha value is -1.06. The summed E-state index contributed by atoms with van der Waals surface area (Å²) >= 11 is 0. The number of rotatable bonds is 2. The second-order valence-electron chi connectivity index (χ2n) is 6.45. The van der Waals surface area contributed by atoms with Gasteiger partial charge in [-0.3, -0.25) is 9.59 Å². The molecule has 0 aliphatic heterocycles. The first-order chi connectivity index (χ1) is 7.80. The summed E-state index contributed by atoms with van der Waals surface area (Å²) in [6, 6.07) is -0.155. The zero-order valence-corrected chi connectivity index (χ0v) is 10.7. The van der Waals surface area contributed by atoms with Gasteiger partial charge in [0.25, 0.3) is 0 Å². The van der Waals surface area contributed by atoms with Crippen molar-refractivity contribution in [1.82, 2.24) is 5.32 Å². The van der Waals surface area contributed by atoms with E-state index in [0.29, 0.717) is 5.92 Å². The molecule has 0 aromatic rings. The molecule has 96 valence electrons. The van der Waals surface area contributed by atoms with Crippen LogP contribution in [0.1, 0.15) is 40.0 Å². The van der Waals surface area contributed by atoms with Crippen LogP contribution in [0.5, 0.6) is 0 Å². The highest BCUT2D eigenvalue weighted by atomic mass is 16.4. The molecule has 0 saturated heterocycles. The van der Waals surface area contributed by atoms with Gasteiger partial charge in [-0.2, -0.15) is 0 Å². The van der Waals surface area contributed by atoms with E-state index in [9.17, 15) is 14.7 Å². The topological polar surface area (TPSA) is 66.4 Å². The Morgan fingerprint density at radius 3 is 2.29 bits per heavy atom. The molecule has 0 heterocycles. The van der Waals surface area contributed by atoms with Crippen LogP contribution in [0.4, 0.5) is 0 Å². The first kappa shape index (κ1) is 12.4. The lowest BCUT2D eigenvalue weighted by Crippen LogP contribution is -2.50. The van der Waals surface area contributed by atoms with Gasteiger partial charge in [0.05, 0.1) is 5.92 Å². The Labute approximate surface area is 102 Å². The van der Waals surface area contributed by atoms with Crippen LogP contribution >= 0.6 is 0 Å². The predicted molar refractivity (Wildman–Crippen MR) is 63.3 cm³/mol. The maximum absolute atomic E-state index is 12.0. The van der Waals surface area contributed by atoms with Crippen molar-refractivity contribution in [2.45, 2.75) is 46.1 Å². The highest BCUT2D eigenvalue weighted by Crippen LogP contribution is 2.48. The van der Waals surface area contributed by atoms with Crippen molar-refractivity contribution in [3.8, 4) is 0 Å². The quantitative estimate of drug-likeness (QED) is 0.770. The van der Waals surface area contributed by atoms with Gasteiger partial charge in [0.2, 0.25) is 5.91 Å². The number of hydrogen-bond acceptors (Lipinski definition) is 2. The minimum atomic E-state index is -0.753. The molecule has 0 spiro atoms. The molecule has 2 aliphatic carbocycles. The summed E-state index contributed by atoms with van der Waals surface area (Å²) in [4.78, 5) is 23.2. The summed E-state index contributed by atoms with van der Waals surface area (Å²) in [5.74, 6) is -0.534. The average molecular weight is 239 g/mol. The third kappa shape index (κ3) is 2.17. The Morgan fingerprint density at radius 1 is 1.18 bits per heavy atom. The second kappa shape index (κ2) is 4.00. The monoisotopic (exact) mass is 239 g/mol. The van der Waals surface area contributed by atoms with Crippen molar-refractivity contribution in [1.29, 1.82) is 0 Å². The molecule has 0 aromatic heterocycles. The largest absolute Gasteiger partial charge is 0.481 e. The summed E-state index contributed by atoms with van der Waals surface area (Å²) in [5, 5.41) is 12.2. The minimum absolute atomic E-state index is 0.0405. The van der Waals surface area contributed by atoms with Crippen LogP contribution in [0.2, 0.25) is 0 Å². The van der Waals surface area contributed by atoms with Crippen molar-refractivity contribution in [2.24, 2.45) is 23.2 Å². The summed E-state index contributed by atoms with van der Waals surface area (Å²) in [6.07, 6.45) is 3.03. The van der Waals surface area contributed by atoms with Crippen molar-refractivity contribution in [3.05, 3.63) is 0 Å². The van der Waals surface area contributed by atoms with Gasteiger partial charge in [-0.15, -0.1) is 0 Å². The maximum Gasteiger partial charge on any atom is 0.308 e. The zero-order valence-electron chi connectivity index (χ0n) is 10.7. The summed E-state index contributed by atoms with van der Waals surface area (Å²) in [5.41, 5.74) is -0.453. The van der Waals surface area contributed by atoms with Crippen LogP contribution in [0.15, 0.2) is 0 Å². The number of carbonyl (C=O) groups excluding carboxylic acids is 1. The number of hydrogen-bond donors (Lipinski definition) is 2. The molecule has 1 amide bonds.